The molecule has 0 atom stereocenters. The lowest BCUT2D eigenvalue weighted by Crippen LogP contribution is -2.19. The molecular weight excluding hydrogens is 452 g/mol. The Hall–Kier alpha value is -3.02. The van der Waals surface area contributed by atoms with Crippen molar-refractivity contribution < 1.29 is 9.53 Å². The number of nitrogens with zero attached hydrogens (tertiary/aromatic N) is 1. The molecule has 1 aliphatic rings. The Labute approximate surface area is 203 Å². The van der Waals surface area contributed by atoms with Gasteiger partial charge in [0, 0.05) is 5.02 Å². The number of carbonyl (C=O) groups excluding carboxylic acids is 1. The van der Waals surface area contributed by atoms with E-state index in [2.05, 4.69) is 43.2 Å². The summed E-state index contributed by atoms with van der Waals surface area (Å²) in [5.74, 6) is 0.626. The molecule has 0 spiro atoms. The van der Waals surface area contributed by atoms with Crippen molar-refractivity contribution in [2.45, 2.75) is 34.3 Å². The smallest absolute Gasteiger partial charge is 0.264 e. The Morgan fingerprint density at radius 1 is 0.970 bits per heavy atom. The largest absolute Gasteiger partial charge is 0.489 e. The third-order valence-corrected chi connectivity index (χ3v) is 6.76. The van der Waals surface area contributed by atoms with Crippen molar-refractivity contribution in [3.8, 4) is 5.75 Å². The summed E-state index contributed by atoms with van der Waals surface area (Å²) in [5.41, 5.74) is 7.56. The van der Waals surface area contributed by atoms with E-state index >= 15 is 0 Å². The highest BCUT2D eigenvalue weighted by molar-refractivity contribution is 8.18. The first-order chi connectivity index (χ1) is 15.8. The van der Waals surface area contributed by atoms with E-state index in [1.54, 1.807) is 6.07 Å². The number of aliphatic imine (C=N–C) groups is 1. The van der Waals surface area contributed by atoms with E-state index in [1.165, 1.54) is 34.0 Å². The molecule has 1 N–H and O–H groups in total. The molecule has 1 saturated heterocycles. The van der Waals surface area contributed by atoms with Gasteiger partial charge in [-0.1, -0.05) is 47.5 Å². The Morgan fingerprint density at radius 2 is 1.67 bits per heavy atom. The standard InChI is InChI=1S/C27H25ClN2O2S/c1-16-11-18(3)23(19(4)12-16)15-32-22-9-6-20(7-10-22)13-25-26(31)30-27(33-25)29-21-8-5-17(2)24(28)14-21/h5-14H,15H2,1-4H3,(H,29,30,31)/b25-13-. The van der Waals surface area contributed by atoms with Crippen LogP contribution in [0.25, 0.3) is 6.08 Å². The lowest BCUT2D eigenvalue weighted by molar-refractivity contribution is -0.115. The van der Waals surface area contributed by atoms with Crippen molar-refractivity contribution in [3.63, 3.8) is 0 Å². The molecule has 0 aliphatic carbocycles. The number of carbonyl (C=O) groups is 1. The van der Waals surface area contributed by atoms with Gasteiger partial charge in [0.05, 0.1) is 10.6 Å². The molecule has 33 heavy (non-hydrogen) atoms. The molecule has 0 aromatic heterocycles. The minimum Gasteiger partial charge on any atom is -0.489 e. The van der Waals surface area contributed by atoms with Crippen molar-refractivity contribution in [3.05, 3.63) is 97.9 Å². The van der Waals surface area contributed by atoms with Crippen LogP contribution in [0.3, 0.4) is 0 Å². The first-order valence-corrected chi connectivity index (χ1v) is 11.8. The van der Waals surface area contributed by atoms with Gasteiger partial charge in [-0.05, 0) is 97.6 Å². The number of nitrogens with one attached hydrogen (secondary N) is 1. The SMILES string of the molecule is Cc1cc(C)c(COc2ccc(/C=C3\SC(=Nc4ccc(C)c(Cl)c4)NC3=O)cc2)c(C)c1. The normalized spacial score (nSPS) is 15.8. The lowest BCUT2D eigenvalue weighted by Gasteiger charge is -2.13. The number of thioether (sulfide) groups is 1. The molecule has 0 unspecified atom stereocenters. The third-order valence-electron chi connectivity index (χ3n) is 5.44. The molecule has 0 radical (unpaired) electrons. The van der Waals surface area contributed by atoms with Crippen molar-refractivity contribution in [1.82, 2.24) is 5.32 Å². The molecule has 0 saturated carbocycles. The second-order valence-electron chi connectivity index (χ2n) is 8.15. The van der Waals surface area contributed by atoms with E-state index in [0.717, 1.165) is 16.9 Å². The number of benzene rings is 3. The lowest BCUT2D eigenvalue weighted by atomic mass is 10.0. The predicted octanol–water partition coefficient (Wildman–Crippen LogP) is 7.04. The molecule has 1 fully saturated rings. The van der Waals surface area contributed by atoms with Gasteiger partial charge in [-0.25, -0.2) is 4.99 Å². The summed E-state index contributed by atoms with van der Waals surface area (Å²) in [6.45, 7) is 8.80. The minimum atomic E-state index is -0.164. The summed E-state index contributed by atoms with van der Waals surface area (Å²) >= 11 is 7.48. The molecule has 6 heteroatoms. The first-order valence-electron chi connectivity index (χ1n) is 10.6. The molecule has 1 aliphatic heterocycles. The average molecular weight is 477 g/mol. The van der Waals surface area contributed by atoms with Crippen LogP contribution in [0.1, 0.15) is 33.4 Å². The number of rotatable bonds is 5. The van der Waals surface area contributed by atoms with Crippen LogP contribution in [0.2, 0.25) is 5.02 Å². The maximum absolute atomic E-state index is 12.4. The van der Waals surface area contributed by atoms with Gasteiger partial charge in [-0.2, -0.15) is 0 Å². The van der Waals surface area contributed by atoms with Gasteiger partial charge < -0.3 is 10.1 Å². The van der Waals surface area contributed by atoms with Gasteiger partial charge >= 0.3 is 0 Å². The highest BCUT2D eigenvalue weighted by Crippen LogP contribution is 2.30. The number of hydrogen-bond acceptors (Lipinski definition) is 4. The van der Waals surface area contributed by atoms with Gasteiger partial charge in [0.25, 0.3) is 5.91 Å². The Bertz CT molecular complexity index is 1260. The molecule has 3 aromatic carbocycles. The van der Waals surface area contributed by atoms with Crippen LogP contribution < -0.4 is 10.1 Å². The van der Waals surface area contributed by atoms with E-state index in [9.17, 15) is 4.79 Å². The third kappa shape index (κ3) is 5.67. The number of hydrogen-bond donors (Lipinski definition) is 1. The zero-order valence-corrected chi connectivity index (χ0v) is 20.6. The second-order valence-corrected chi connectivity index (χ2v) is 9.59. The van der Waals surface area contributed by atoms with Crippen LogP contribution >= 0.6 is 23.4 Å². The second kappa shape index (κ2) is 9.86. The monoisotopic (exact) mass is 476 g/mol. The van der Waals surface area contributed by atoms with Crippen molar-refractivity contribution in [2.24, 2.45) is 4.99 Å². The maximum Gasteiger partial charge on any atom is 0.264 e. The molecule has 3 aromatic rings. The number of ether oxygens (including phenoxy) is 1. The zero-order chi connectivity index (χ0) is 23.5. The van der Waals surface area contributed by atoms with E-state index in [4.69, 9.17) is 16.3 Å². The van der Waals surface area contributed by atoms with Crippen LogP contribution in [0, 0.1) is 27.7 Å². The fourth-order valence-electron chi connectivity index (χ4n) is 3.65. The molecule has 0 bridgehead atoms. The summed E-state index contributed by atoms with van der Waals surface area (Å²) in [4.78, 5) is 17.5. The van der Waals surface area contributed by atoms with E-state index in [-0.39, 0.29) is 5.91 Å². The zero-order valence-electron chi connectivity index (χ0n) is 19.0. The number of halogens is 1. The molecule has 4 rings (SSSR count). The van der Waals surface area contributed by atoms with Crippen molar-refractivity contribution in [1.29, 1.82) is 0 Å². The molecule has 168 valence electrons. The highest BCUT2D eigenvalue weighted by Gasteiger charge is 2.23. The average Bonchev–Trinajstić information content (AvgIpc) is 3.09. The Morgan fingerprint density at radius 3 is 2.33 bits per heavy atom. The topological polar surface area (TPSA) is 50.7 Å². The summed E-state index contributed by atoms with van der Waals surface area (Å²) in [7, 11) is 0. The predicted molar refractivity (Wildman–Crippen MR) is 138 cm³/mol. The van der Waals surface area contributed by atoms with E-state index in [0.29, 0.717) is 27.4 Å². The quantitative estimate of drug-likeness (QED) is 0.401. The first kappa shape index (κ1) is 23.1. The Kier molecular flexibility index (Phi) is 6.91. The van der Waals surface area contributed by atoms with Crippen molar-refractivity contribution in [2.75, 3.05) is 0 Å². The van der Waals surface area contributed by atoms with Crippen LogP contribution in [-0.4, -0.2) is 11.1 Å². The minimum absolute atomic E-state index is 0.164. The Balaban J connectivity index is 1.43. The van der Waals surface area contributed by atoms with E-state index < -0.39 is 0 Å². The number of amides is 1. The van der Waals surface area contributed by atoms with Gasteiger partial charge in [0.15, 0.2) is 5.17 Å². The van der Waals surface area contributed by atoms with Gasteiger partial charge in [-0.15, -0.1) is 0 Å². The van der Waals surface area contributed by atoms with Crippen LogP contribution in [0.5, 0.6) is 5.75 Å². The fourth-order valence-corrected chi connectivity index (χ4v) is 4.67. The number of aryl methyl sites for hydroxylation is 4. The van der Waals surface area contributed by atoms with Crippen LogP contribution in [-0.2, 0) is 11.4 Å². The van der Waals surface area contributed by atoms with Crippen molar-refractivity contribution >= 4 is 46.2 Å². The van der Waals surface area contributed by atoms with Crippen LogP contribution in [0.15, 0.2) is 64.5 Å². The molecular formula is C27H25ClN2O2S. The molecule has 1 amide bonds. The van der Waals surface area contributed by atoms with Gasteiger partial charge in [0.1, 0.15) is 12.4 Å². The van der Waals surface area contributed by atoms with Gasteiger partial charge in [0.2, 0.25) is 0 Å². The fraction of sp³-hybridized carbons (Fsp3) is 0.185. The number of amidine groups is 1. The summed E-state index contributed by atoms with van der Waals surface area (Å²) in [5, 5.41) is 4.00. The molecule has 4 nitrogen and oxygen atoms in total. The maximum atomic E-state index is 12.4. The van der Waals surface area contributed by atoms with Gasteiger partial charge in [-0.3, -0.25) is 4.79 Å². The summed E-state index contributed by atoms with van der Waals surface area (Å²) in [6, 6.07) is 17.7. The summed E-state index contributed by atoms with van der Waals surface area (Å²) < 4.78 is 6.01. The highest BCUT2D eigenvalue weighted by atomic mass is 35.5. The molecule has 1 heterocycles. The van der Waals surface area contributed by atoms with Crippen LogP contribution in [0.4, 0.5) is 5.69 Å². The van der Waals surface area contributed by atoms with E-state index in [1.807, 2.05) is 49.4 Å². The summed E-state index contributed by atoms with van der Waals surface area (Å²) in [6.07, 6.45) is 1.85.